The van der Waals surface area contributed by atoms with Crippen molar-refractivity contribution in [3.05, 3.63) is 35.4 Å². The third kappa shape index (κ3) is 2.75. The first-order valence-corrected chi connectivity index (χ1v) is 5.48. The van der Waals surface area contributed by atoms with Crippen LogP contribution in [0.3, 0.4) is 0 Å². The van der Waals surface area contributed by atoms with Crippen LogP contribution in [-0.4, -0.2) is 35.1 Å². The average Bonchev–Trinajstić information content (AvgIpc) is 2.67. The Bertz CT molecular complexity index is 445. The molecule has 2 rings (SSSR count). The van der Waals surface area contributed by atoms with Crippen LogP contribution in [0.4, 0.5) is 4.79 Å². The second kappa shape index (κ2) is 4.86. The minimum Gasteiger partial charge on any atom is -0.481 e. The highest BCUT2D eigenvalue weighted by Gasteiger charge is 2.20. The maximum atomic E-state index is 11.4. The van der Waals surface area contributed by atoms with E-state index in [1.54, 1.807) is 11.0 Å². The van der Waals surface area contributed by atoms with Crippen LogP contribution in [0.15, 0.2) is 24.3 Å². The summed E-state index contributed by atoms with van der Waals surface area (Å²) in [5.41, 5.74) is 1.66. The minimum absolute atomic E-state index is 0.00830. The van der Waals surface area contributed by atoms with E-state index in [0.717, 1.165) is 11.1 Å². The number of carboxylic acid groups (broad SMARTS) is 1. The molecule has 1 fully saturated rings. The lowest BCUT2D eigenvalue weighted by Gasteiger charge is -2.16. The number of hydrogen-bond acceptors (Lipinski definition) is 2. The maximum Gasteiger partial charge on any atom is 0.317 e. The molecule has 5 heteroatoms. The van der Waals surface area contributed by atoms with Gasteiger partial charge < -0.3 is 15.3 Å². The molecule has 2 amide bonds. The van der Waals surface area contributed by atoms with Gasteiger partial charge in [-0.2, -0.15) is 0 Å². The summed E-state index contributed by atoms with van der Waals surface area (Å²) in [6, 6.07) is 7.23. The van der Waals surface area contributed by atoms with Gasteiger partial charge in [0.25, 0.3) is 0 Å². The molecule has 0 bridgehead atoms. The van der Waals surface area contributed by atoms with E-state index in [1.807, 2.05) is 18.2 Å². The summed E-state index contributed by atoms with van der Waals surface area (Å²) in [6.07, 6.45) is -0.00830. The molecule has 17 heavy (non-hydrogen) atoms. The number of aliphatic carboxylic acids is 1. The van der Waals surface area contributed by atoms with Gasteiger partial charge in [0.1, 0.15) is 0 Å². The molecule has 1 heterocycles. The van der Waals surface area contributed by atoms with Crippen LogP contribution < -0.4 is 5.32 Å². The fourth-order valence-electron chi connectivity index (χ4n) is 1.91. The molecule has 1 aliphatic heterocycles. The second-order valence-corrected chi connectivity index (χ2v) is 3.99. The zero-order valence-electron chi connectivity index (χ0n) is 9.35. The normalized spacial score (nSPS) is 14.8. The molecule has 0 unspecified atom stereocenters. The fourth-order valence-corrected chi connectivity index (χ4v) is 1.91. The SMILES string of the molecule is O=C(O)Cc1ccccc1CN1CCNC1=O. The van der Waals surface area contributed by atoms with Gasteiger partial charge in [-0.15, -0.1) is 0 Å². The third-order valence-corrected chi connectivity index (χ3v) is 2.77. The predicted octanol–water partition coefficient (Wildman–Crippen LogP) is 0.839. The minimum atomic E-state index is -0.858. The van der Waals surface area contributed by atoms with Gasteiger partial charge in [0.2, 0.25) is 0 Å². The van der Waals surface area contributed by atoms with Crippen LogP contribution >= 0.6 is 0 Å². The van der Waals surface area contributed by atoms with Crippen molar-refractivity contribution in [2.45, 2.75) is 13.0 Å². The van der Waals surface area contributed by atoms with E-state index in [0.29, 0.717) is 19.6 Å². The number of benzene rings is 1. The molecule has 1 aliphatic rings. The van der Waals surface area contributed by atoms with Gasteiger partial charge in [0, 0.05) is 19.6 Å². The molecule has 0 radical (unpaired) electrons. The van der Waals surface area contributed by atoms with Crippen molar-refractivity contribution in [2.75, 3.05) is 13.1 Å². The number of carbonyl (C=O) groups is 2. The smallest absolute Gasteiger partial charge is 0.317 e. The molecule has 90 valence electrons. The van der Waals surface area contributed by atoms with Crippen molar-refractivity contribution in [1.29, 1.82) is 0 Å². The van der Waals surface area contributed by atoms with Crippen LogP contribution in [0.5, 0.6) is 0 Å². The van der Waals surface area contributed by atoms with Crippen molar-refractivity contribution in [2.24, 2.45) is 0 Å². The lowest BCUT2D eigenvalue weighted by atomic mass is 10.0. The highest BCUT2D eigenvalue weighted by molar-refractivity contribution is 5.76. The number of carbonyl (C=O) groups excluding carboxylic acids is 1. The van der Waals surface area contributed by atoms with Gasteiger partial charge in [-0.25, -0.2) is 4.79 Å². The first kappa shape index (κ1) is 11.4. The van der Waals surface area contributed by atoms with Gasteiger partial charge >= 0.3 is 12.0 Å². The summed E-state index contributed by atoms with van der Waals surface area (Å²) in [5.74, 6) is -0.858. The van der Waals surface area contributed by atoms with Gasteiger partial charge in [-0.1, -0.05) is 24.3 Å². The van der Waals surface area contributed by atoms with E-state index in [2.05, 4.69) is 5.32 Å². The van der Waals surface area contributed by atoms with Crippen molar-refractivity contribution in [3.8, 4) is 0 Å². The van der Waals surface area contributed by atoms with E-state index in [1.165, 1.54) is 0 Å². The van der Waals surface area contributed by atoms with E-state index >= 15 is 0 Å². The lowest BCUT2D eigenvalue weighted by molar-refractivity contribution is -0.136. The molecule has 2 N–H and O–H groups in total. The topological polar surface area (TPSA) is 69.6 Å². The molecule has 0 saturated carbocycles. The zero-order valence-corrected chi connectivity index (χ0v) is 9.35. The number of hydrogen-bond donors (Lipinski definition) is 2. The standard InChI is InChI=1S/C12H14N2O3/c15-11(16)7-9-3-1-2-4-10(9)8-14-6-5-13-12(14)17/h1-4H,5-8H2,(H,13,17)(H,15,16). The molecule has 1 aromatic carbocycles. The van der Waals surface area contributed by atoms with Crippen molar-refractivity contribution < 1.29 is 14.7 Å². The Morgan fingerprint density at radius 3 is 2.65 bits per heavy atom. The van der Waals surface area contributed by atoms with Crippen molar-refractivity contribution >= 4 is 12.0 Å². The first-order chi connectivity index (χ1) is 8.16. The summed E-state index contributed by atoms with van der Waals surface area (Å²) in [7, 11) is 0. The number of carboxylic acids is 1. The number of urea groups is 1. The van der Waals surface area contributed by atoms with Crippen LogP contribution in [0.1, 0.15) is 11.1 Å². The summed E-state index contributed by atoms with van der Waals surface area (Å²) in [4.78, 5) is 23.8. The van der Waals surface area contributed by atoms with Crippen LogP contribution in [-0.2, 0) is 17.8 Å². The van der Waals surface area contributed by atoms with Gasteiger partial charge in [0.05, 0.1) is 6.42 Å². The predicted molar refractivity (Wildman–Crippen MR) is 61.6 cm³/mol. The molecule has 1 aromatic rings. The molecule has 0 aliphatic carbocycles. The van der Waals surface area contributed by atoms with Gasteiger partial charge in [0.15, 0.2) is 0 Å². The molecule has 1 saturated heterocycles. The molecule has 5 nitrogen and oxygen atoms in total. The van der Waals surface area contributed by atoms with Crippen LogP contribution in [0, 0.1) is 0 Å². The molecule has 0 aromatic heterocycles. The molecular weight excluding hydrogens is 220 g/mol. The second-order valence-electron chi connectivity index (χ2n) is 3.99. The summed E-state index contributed by atoms with van der Waals surface area (Å²) < 4.78 is 0. The largest absolute Gasteiger partial charge is 0.481 e. The van der Waals surface area contributed by atoms with E-state index in [-0.39, 0.29) is 12.5 Å². The van der Waals surface area contributed by atoms with E-state index < -0.39 is 5.97 Å². The van der Waals surface area contributed by atoms with Gasteiger partial charge in [-0.3, -0.25) is 4.79 Å². The Morgan fingerprint density at radius 1 is 1.35 bits per heavy atom. The highest BCUT2D eigenvalue weighted by Crippen LogP contribution is 2.13. The number of amides is 2. The van der Waals surface area contributed by atoms with Gasteiger partial charge in [-0.05, 0) is 11.1 Å². The fraction of sp³-hybridized carbons (Fsp3) is 0.333. The number of nitrogens with one attached hydrogen (secondary N) is 1. The Labute approximate surface area is 99.0 Å². The van der Waals surface area contributed by atoms with Crippen molar-refractivity contribution in [3.63, 3.8) is 0 Å². The van der Waals surface area contributed by atoms with Crippen LogP contribution in [0.2, 0.25) is 0 Å². The summed E-state index contributed by atoms with van der Waals surface area (Å²) in [6.45, 7) is 1.79. The maximum absolute atomic E-state index is 11.4. The summed E-state index contributed by atoms with van der Waals surface area (Å²) in [5, 5.41) is 11.5. The quantitative estimate of drug-likeness (QED) is 0.811. The Morgan fingerprint density at radius 2 is 2.06 bits per heavy atom. The lowest BCUT2D eigenvalue weighted by Crippen LogP contribution is -2.28. The Balaban J connectivity index is 2.14. The van der Waals surface area contributed by atoms with Crippen LogP contribution in [0.25, 0.3) is 0 Å². The summed E-state index contributed by atoms with van der Waals surface area (Å²) >= 11 is 0. The Hall–Kier alpha value is -2.04. The number of nitrogens with zero attached hydrogens (tertiary/aromatic N) is 1. The average molecular weight is 234 g/mol. The molecular formula is C12H14N2O3. The monoisotopic (exact) mass is 234 g/mol. The first-order valence-electron chi connectivity index (χ1n) is 5.48. The highest BCUT2D eigenvalue weighted by atomic mass is 16.4. The van der Waals surface area contributed by atoms with E-state index in [4.69, 9.17) is 5.11 Å². The zero-order chi connectivity index (χ0) is 12.3. The molecule has 0 spiro atoms. The molecule has 0 atom stereocenters. The van der Waals surface area contributed by atoms with E-state index in [9.17, 15) is 9.59 Å². The van der Waals surface area contributed by atoms with Crippen molar-refractivity contribution in [1.82, 2.24) is 10.2 Å². The Kier molecular flexibility index (Phi) is 3.27. The third-order valence-electron chi connectivity index (χ3n) is 2.77. The number of rotatable bonds is 4.